The Morgan fingerprint density at radius 1 is 1.10 bits per heavy atom. The van der Waals surface area contributed by atoms with Crippen LogP contribution >= 0.6 is 11.3 Å². The van der Waals surface area contributed by atoms with Crippen LogP contribution in [-0.2, 0) is 14.8 Å². The quantitative estimate of drug-likeness (QED) is 0.448. The number of methoxy groups -OCH3 is 1. The molecule has 0 atom stereocenters. The van der Waals surface area contributed by atoms with Gasteiger partial charge in [0.15, 0.2) is 0 Å². The van der Waals surface area contributed by atoms with Crippen LogP contribution in [0.1, 0.15) is 21.7 Å². The molecule has 0 fully saturated rings. The summed E-state index contributed by atoms with van der Waals surface area (Å²) in [5.41, 5.74) is 2.07. The van der Waals surface area contributed by atoms with Gasteiger partial charge in [-0.25, -0.2) is 22.9 Å². The van der Waals surface area contributed by atoms with Gasteiger partial charge in [-0.1, -0.05) is 29.8 Å². The molecule has 4 aromatic rings. The second kappa shape index (κ2) is 7.58. The predicted octanol–water partition coefficient (Wildman–Crippen LogP) is 4.76. The molecule has 1 N–H and O–H groups in total. The Morgan fingerprint density at radius 2 is 1.80 bits per heavy atom. The minimum atomic E-state index is -3.95. The lowest BCUT2D eigenvalue weighted by Crippen LogP contribution is -2.13. The van der Waals surface area contributed by atoms with Crippen LogP contribution in [0.25, 0.3) is 20.8 Å². The number of esters is 1. The number of ether oxygens (including phenoxy) is 1. The smallest absolute Gasteiger partial charge is 0.342 e. The zero-order chi connectivity index (χ0) is 21.5. The fourth-order valence-corrected chi connectivity index (χ4v) is 5.06. The van der Waals surface area contributed by atoms with E-state index in [9.17, 15) is 13.2 Å². The van der Waals surface area contributed by atoms with E-state index in [-0.39, 0.29) is 27.7 Å². The molecule has 0 aliphatic carbocycles. The number of hydrogen-bond donors (Lipinski definition) is 1. The van der Waals surface area contributed by atoms with E-state index in [2.05, 4.69) is 9.71 Å². The standard InChI is InChI=1S/C21H18N2O5S2/c1-12-8-10-14(11-9-12)30(25,26)23-19-18(17(13(2)28-19)21(24)27-3)20-22-15-6-4-5-7-16(15)29-20/h4-11,23H,1-3H3. The first-order valence-electron chi connectivity index (χ1n) is 8.97. The zero-order valence-electron chi connectivity index (χ0n) is 16.4. The molecule has 2 aromatic heterocycles. The summed E-state index contributed by atoms with van der Waals surface area (Å²) in [6.45, 7) is 3.44. The second-order valence-electron chi connectivity index (χ2n) is 6.63. The molecule has 0 spiro atoms. The van der Waals surface area contributed by atoms with Gasteiger partial charge >= 0.3 is 5.97 Å². The summed E-state index contributed by atoms with van der Waals surface area (Å²) in [6.07, 6.45) is 0. The van der Waals surface area contributed by atoms with Crippen molar-refractivity contribution in [2.24, 2.45) is 0 Å². The molecule has 30 heavy (non-hydrogen) atoms. The van der Waals surface area contributed by atoms with Gasteiger partial charge in [-0.15, -0.1) is 11.3 Å². The molecule has 0 radical (unpaired) electrons. The summed E-state index contributed by atoms with van der Waals surface area (Å²) in [7, 11) is -2.69. The number of anilines is 1. The molecule has 0 aliphatic heterocycles. The van der Waals surface area contributed by atoms with Gasteiger partial charge in [0.1, 0.15) is 16.3 Å². The number of sulfonamides is 1. The number of furan rings is 1. The summed E-state index contributed by atoms with van der Waals surface area (Å²) in [5, 5.41) is 0.454. The third-order valence-corrected chi connectivity index (χ3v) is 6.94. The van der Waals surface area contributed by atoms with Crippen LogP contribution in [0.5, 0.6) is 0 Å². The van der Waals surface area contributed by atoms with Crippen molar-refractivity contribution in [1.82, 2.24) is 4.98 Å². The third-order valence-electron chi connectivity index (χ3n) is 4.54. The number of nitrogens with one attached hydrogen (secondary N) is 1. The highest BCUT2D eigenvalue weighted by atomic mass is 32.2. The van der Waals surface area contributed by atoms with E-state index in [0.29, 0.717) is 5.01 Å². The van der Waals surface area contributed by atoms with Crippen LogP contribution in [0.4, 0.5) is 5.88 Å². The lowest BCUT2D eigenvalue weighted by Gasteiger charge is -2.07. The lowest BCUT2D eigenvalue weighted by atomic mass is 10.1. The normalized spacial score (nSPS) is 11.6. The number of nitrogens with zero attached hydrogens (tertiary/aromatic N) is 1. The Bertz CT molecular complexity index is 1320. The molecule has 0 unspecified atom stereocenters. The fraction of sp³-hybridized carbons (Fsp3) is 0.143. The molecule has 154 valence electrons. The second-order valence-corrected chi connectivity index (χ2v) is 9.35. The number of thiazole rings is 1. The van der Waals surface area contributed by atoms with Crippen molar-refractivity contribution < 1.29 is 22.4 Å². The number of aromatic nitrogens is 1. The van der Waals surface area contributed by atoms with E-state index in [1.807, 2.05) is 31.2 Å². The number of rotatable bonds is 5. The van der Waals surface area contributed by atoms with Gasteiger partial charge in [0.2, 0.25) is 5.88 Å². The van der Waals surface area contributed by atoms with Crippen molar-refractivity contribution in [2.75, 3.05) is 11.8 Å². The molecule has 2 heterocycles. The molecule has 4 rings (SSSR count). The van der Waals surface area contributed by atoms with Crippen molar-refractivity contribution in [3.8, 4) is 10.6 Å². The van der Waals surface area contributed by atoms with Crippen LogP contribution in [0, 0.1) is 13.8 Å². The number of hydrogen-bond acceptors (Lipinski definition) is 7. The van der Waals surface area contributed by atoms with Gasteiger partial charge in [-0.05, 0) is 38.1 Å². The topological polar surface area (TPSA) is 98.5 Å². The number of para-hydroxylation sites is 1. The van der Waals surface area contributed by atoms with Crippen molar-refractivity contribution in [1.29, 1.82) is 0 Å². The molecule has 0 saturated heterocycles. The molecule has 9 heteroatoms. The van der Waals surface area contributed by atoms with Crippen molar-refractivity contribution in [3.63, 3.8) is 0 Å². The maximum atomic E-state index is 12.9. The average molecular weight is 443 g/mol. The van der Waals surface area contributed by atoms with Gasteiger partial charge in [-0.2, -0.15) is 0 Å². The van der Waals surface area contributed by atoms with E-state index in [1.165, 1.54) is 30.6 Å². The highest BCUT2D eigenvalue weighted by molar-refractivity contribution is 7.92. The van der Waals surface area contributed by atoms with Crippen LogP contribution < -0.4 is 4.72 Å². The molecule has 0 aliphatic rings. The summed E-state index contributed by atoms with van der Waals surface area (Å²) >= 11 is 1.33. The first-order valence-corrected chi connectivity index (χ1v) is 11.3. The highest BCUT2D eigenvalue weighted by Crippen LogP contribution is 2.41. The lowest BCUT2D eigenvalue weighted by molar-refractivity contribution is 0.0599. The van der Waals surface area contributed by atoms with E-state index in [0.717, 1.165) is 15.8 Å². The van der Waals surface area contributed by atoms with Crippen molar-refractivity contribution >= 4 is 43.4 Å². The van der Waals surface area contributed by atoms with Crippen LogP contribution in [0.2, 0.25) is 0 Å². The van der Waals surface area contributed by atoms with Gasteiger partial charge in [0.05, 0.1) is 27.8 Å². The fourth-order valence-electron chi connectivity index (χ4n) is 3.05. The number of carbonyl (C=O) groups excluding carboxylic acids is 1. The molecular formula is C21H18N2O5S2. The molecule has 2 aromatic carbocycles. The predicted molar refractivity (Wildman–Crippen MR) is 115 cm³/mol. The molecule has 0 saturated carbocycles. The zero-order valence-corrected chi connectivity index (χ0v) is 18.1. The van der Waals surface area contributed by atoms with Crippen LogP contribution in [-0.4, -0.2) is 26.5 Å². The first-order chi connectivity index (χ1) is 14.3. The molecular weight excluding hydrogens is 424 g/mol. The first kappa shape index (κ1) is 20.1. The number of benzene rings is 2. The number of carbonyl (C=O) groups is 1. The van der Waals surface area contributed by atoms with Gasteiger partial charge in [0, 0.05) is 0 Å². The summed E-state index contributed by atoms with van der Waals surface area (Å²) < 4.78 is 39.8. The molecule has 7 nitrogen and oxygen atoms in total. The number of aryl methyl sites for hydroxylation is 2. The maximum absolute atomic E-state index is 12.9. The number of fused-ring (bicyclic) bond motifs is 1. The van der Waals surface area contributed by atoms with E-state index in [1.54, 1.807) is 19.1 Å². The summed E-state index contributed by atoms with van der Waals surface area (Å²) in [6, 6.07) is 13.9. The molecule has 0 amide bonds. The van der Waals surface area contributed by atoms with Gasteiger partial charge in [0.25, 0.3) is 10.0 Å². The Kier molecular flexibility index (Phi) is 5.08. The Labute approximate surface area is 177 Å². The minimum Gasteiger partial charge on any atom is -0.465 e. The van der Waals surface area contributed by atoms with E-state index >= 15 is 0 Å². The Hall–Kier alpha value is -3.17. The van der Waals surface area contributed by atoms with E-state index < -0.39 is 16.0 Å². The Balaban J connectivity index is 1.88. The van der Waals surface area contributed by atoms with Crippen LogP contribution in [0.15, 0.2) is 57.8 Å². The highest BCUT2D eigenvalue weighted by Gasteiger charge is 2.30. The summed E-state index contributed by atoms with van der Waals surface area (Å²) in [4.78, 5) is 17.1. The third kappa shape index (κ3) is 3.57. The van der Waals surface area contributed by atoms with E-state index in [4.69, 9.17) is 9.15 Å². The minimum absolute atomic E-state index is 0.0764. The monoisotopic (exact) mass is 442 g/mol. The van der Waals surface area contributed by atoms with Gasteiger partial charge < -0.3 is 9.15 Å². The maximum Gasteiger partial charge on any atom is 0.342 e. The largest absolute Gasteiger partial charge is 0.465 e. The SMILES string of the molecule is COC(=O)c1c(C)oc(NS(=O)(=O)c2ccc(C)cc2)c1-c1nc2ccccc2s1. The van der Waals surface area contributed by atoms with Gasteiger partial charge in [-0.3, -0.25) is 0 Å². The van der Waals surface area contributed by atoms with Crippen molar-refractivity contribution in [2.45, 2.75) is 18.7 Å². The average Bonchev–Trinajstić information content (AvgIpc) is 3.27. The summed E-state index contributed by atoms with van der Waals surface area (Å²) in [5.74, 6) is -0.475. The Morgan fingerprint density at radius 3 is 2.47 bits per heavy atom. The van der Waals surface area contributed by atoms with Crippen molar-refractivity contribution in [3.05, 3.63) is 65.4 Å². The van der Waals surface area contributed by atoms with Crippen LogP contribution in [0.3, 0.4) is 0 Å². The molecule has 0 bridgehead atoms.